The van der Waals surface area contributed by atoms with E-state index < -0.39 is 0 Å². The van der Waals surface area contributed by atoms with Crippen LogP contribution in [0.2, 0.25) is 30.3 Å². The van der Waals surface area contributed by atoms with Crippen LogP contribution in [-0.4, -0.2) is 4.98 Å². The normalized spacial score (nSPS) is 10.5. The number of hydrogen-bond acceptors (Lipinski definition) is 2. The lowest BCUT2D eigenvalue weighted by Crippen LogP contribution is -1.93. The summed E-state index contributed by atoms with van der Waals surface area (Å²) in [5.74, 6) is 0. The van der Waals surface area contributed by atoms with E-state index in [1.165, 1.54) is 0 Å². The molecule has 108 valence electrons. The lowest BCUT2D eigenvalue weighted by Gasteiger charge is -2.13. The van der Waals surface area contributed by atoms with E-state index in [-0.39, 0.29) is 36.7 Å². The molecule has 0 spiro atoms. The zero-order chi connectivity index (χ0) is 15.7. The van der Waals surface area contributed by atoms with Gasteiger partial charge in [0, 0.05) is 11.1 Å². The first-order valence-electron chi connectivity index (χ1n) is 5.42. The van der Waals surface area contributed by atoms with Gasteiger partial charge in [0.2, 0.25) is 0 Å². The molecule has 0 aliphatic rings. The van der Waals surface area contributed by atoms with Crippen molar-refractivity contribution in [1.82, 2.24) is 4.98 Å². The van der Waals surface area contributed by atoms with Crippen LogP contribution in [0.3, 0.4) is 0 Å². The van der Waals surface area contributed by atoms with Gasteiger partial charge in [0.1, 0.15) is 5.15 Å². The molecule has 1 heterocycles. The Morgan fingerprint density at radius 3 is 1.86 bits per heavy atom. The van der Waals surface area contributed by atoms with Crippen LogP contribution in [-0.2, 0) is 6.42 Å². The maximum Gasteiger partial charge on any atom is 0.137 e. The third-order valence-electron chi connectivity index (χ3n) is 2.65. The maximum atomic E-state index is 8.66. The number of nitrogens with zero attached hydrogens (tertiary/aromatic N) is 2. The average Bonchev–Trinajstić information content (AvgIpc) is 2.46. The van der Waals surface area contributed by atoms with Gasteiger partial charge in [-0.15, -0.1) is 0 Å². The van der Waals surface area contributed by atoms with Gasteiger partial charge in [0.05, 0.1) is 43.3 Å². The molecule has 0 N–H and O–H groups in total. The molecule has 2 nitrogen and oxygen atoms in total. The molecule has 0 atom stereocenters. The highest BCUT2D eigenvalue weighted by Crippen LogP contribution is 2.49. The van der Waals surface area contributed by atoms with Crippen LogP contribution in [0.25, 0.3) is 11.1 Å². The number of halogens is 6. The Hall–Kier alpha value is -0.400. The molecular formula is C13H4Cl6N2. The van der Waals surface area contributed by atoms with Gasteiger partial charge < -0.3 is 0 Å². The molecule has 0 bridgehead atoms. The van der Waals surface area contributed by atoms with Crippen molar-refractivity contribution in [1.29, 1.82) is 5.26 Å². The topological polar surface area (TPSA) is 36.7 Å². The SMILES string of the molecule is N#CCc1ccc(-c2c(Cl)c(Cl)c(Cl)c(Cl)c2Cl)c(Cl)n1. The van der Waals surface area contributed by atoms with Gasteiger partial charge in [-0.3, -0.25) is 0 Å². The van der Waals surface area contributed by atoms with Gasteiger partial charge in [-0.25, -0.2) is 4.98 Å². The van der Waals surface area contributed by atoms with Crippen LogP contribution in [0.1, 0.15) is 5.69 Å². The quantitative estimate of drug-likeness (QED) is 0.318. The van der Waals surface area contributed by atoms with E-state index in [0.29, 0.717) is 16.8 Å². The first-order chi connectivity index (χ1) is 9.88. The molecule has 2 aromatic rings. The predicted octanol–water partition coefficient (Wildman–Crippen LogP) is 6.74. The lowest BCUT2D eigenvalue weighted by atomic mass is 10.1. The number of benzene rings is 1. The minimum Gasteiger partial charge on any atom is -0.239 e. The number of pyridine rings is 1. The Labute approximate surface area is 151 Å². The fourth-order valence-electron chi connectivity index (χ4n) is 1.68. The van der Waals surface area contributed by atoms with E-state index in [1.807, 2.05) is 6.07 Å². The number of nitriles is 1. The van der Waals surface area contributed by atoms with Crippen molar-refractivity contribution < 1.29 is 0 Å². The molecule has 21 heavy (non-hydrogen) atoms. The van der Waals surface area contributed by atoms with E-state index in [4.69, 9.17) is 74.9 Å². The Morgan fingerprint density at radius 1 is 0.857 bits per heavy atom. The second-order valence-electron chi connectivity index (χ2n) is 3.92. The summed E-state index contributed by atoms with van der Waals surface area (Å²) >= 11 is 36.5. The third kappa shape index (κ3) is 3.19. The summed E-state index contributed by atoms with van der Waals surface area (Å²) in [6.45, 7) is 0. The monoisotopic (exact) mass is 398 g/mol. The number of rotatable bonds is 2. The summed E-state index contributed by atoms with van der Waals surface area (Å²) in [6.07, 6.45) is 0.142. The van der Waals surface area contributed by atoms with E-state index in [0.717, 1.165) is 0 Å². The molecule has 0 amide bonds. The minimum absolute atomic E-state index is 0.0715. The number of hydrogen-bond donors (Lipinski definition) is 0. The summed E-state index contributed by atoms with van der Waals surface area (Å²) < 4.78 is 0. The van der Waals surface area contributed by atoms with Crippen LogP contribution in [0.4, 0.5) is 0 Å². The van der Waals surface area contributed by atoms with Crippen molar-refractivity contribution in [2.75, 3.05) is 0 Å². The smallest absolute Gasteiger partial charge is 0.137 e. The molecule has 0 radical (unpaired) electrons. The Bertz CT molecular complexity index is 737. The molecule has 0 aliphatic carbocycles. The molecule has 1 aromatic carbocycles. The molecule has 0 fully saturated rings. The van der Waals surface area contributed by atoms with Crippen LogP contribution in [0, 0.1) is 11.3 Å². The molecule has 2 rings (SSSR count). The van der Waals surface area contributed by atoms with Gasteiger partial charge in [-0.2, -0.15) is 5.26 Å². The van der Waals surface area contributed by atoms with Crippen LogP contribution in [0.5, 0.6) is 0 Å². The molecule has 0 unspecified atom stereocenters. The zero-order valence-electron chi connectivity index (χ0n) is 10.0. The Morgan fingerprint density at radius 2 is 1.38 bits per heavy atom. The Kier molecular flexibility index (Phi) is 5.48. The lowest BCUT2D eigenvalue weighted by molar-refractivity contribution is 1.12. The van der Waals surface area contributed by atoms with Crippen LogP contribution in [0.15, 0.2) is 12.1 Å². The maximum absolute atomic E-state index is 8.66. The van der Waals surface area contributed by atoms with Crippen molar-refractivity contribution in [2.45, 2.75) is 6.42 Å². The van der Waals surface area contributed by atoms with E-state index in [9.17, 15) is 0 Å². The summed E-state index contributed by atoms with van der Waals surface area (Å²) in [7, 11) is 0. The van der Waals surface area contributed by atoms with E-state index in [2.05, 4.69) is 4.98 Å². The molecule has 1 aromatic heterocycles. The third-order valence-corrected chi connectivity index (χ3v) is 5.21. The van der Waals surface area contributed by atoms with Crippen molar-refractivity contribution in [3.05, 3.63) is 48.1 Å². The highest BCUT2D eigenvalue weighted by Gasteiger charge is 2.22. The highest BCUT2D eigenvalue weighted by molar-refractivity contribution is 6.56. The minimum atomic E-state index is 0.0715. The Balaban J connectivity index is 2.71. The predicted molar refractivity (Wildman–Crippen MR) is 89.0 cm³/mol. The summed E-state index contributed by atoms with van der Waals surface area (Å²) in [6, 6.07) is 5.28. The van der Waals surface area contributed by atoms with Crippen molar-refractivity contribution >= 4 is 69.6 Å². The standard InChI is InChI=1S/C13H4Cl6N2/c14-8-7(9(15)11(17)12(18)10(8)16)6-2-1-5(3-4-20)21-13(6)19/h1-2H,3H2. The van der Waals surface area contributed by atoms with Gasteiger partial charge in [0.15, 0.2) is 0 Å². The first-order valence-corrected chi connectivity index (χ1v) is 7.69. The first kappa shape index (κ1) is 17.0. The number of aromatic nitrogens is 1. The van der Waals surface area contributed by atoms with Gasteiger partial charge in [-0.05, 0) is 12.1 Å². The molecule has 0 saturated heterocycles. The second-order valence-corrected chi connectivity index (χ2v) is 6.17. The molecule has 0 saturated carbocycles. The van der Waals surface area contributed by atoms with Crippen LogP contribution >= 0.6 is 69.6 Å². The van der Waals surface area contributed by atoms with Crippen LogP contribution < -0.4 is 0 Å². The van der Waals surface area contributed by atoms with Crippen molar-refractivity contribution in [3.8, 4) is 17.2 Å². The summed E-state index contributed by atoms with van der Waals surface area (Å²) in [5, 5.41) is 9.31. The fourth-order valence-corrected chi connectivity index (χ4v) is 3.29. The summed E-state index contributed by atoms with van der Waals surface area (Å²) in [5.41, 5.74) is 1.33. The van der Waals surface area contributed by atoms with Gasteiger partial charge in [0.25, 0.3) is 0 Å². The fraction of sp³-hybridized carbons (Fsp3) is 0.0769. The molecular weight excluding hydrogens is 397 g/mol. The molecule has 0 aliphatic heterocycles. The highest BCUT2D eigenvalue weighted by atomic mass is 35.5. The van der Waals surface area contributed by atoms with Gasteiger partial charge >= 0.3 is 0 Å². The van der Waals surface area contributed by atoms with Crippen molar-refractivity contribution in [2.24, 2.45) is 0 Å². The van der Waals surface area contributed by atoms with Gasteiger partial charge in [-0.1, -0.05) is 69.6 Å². The zero-order valence-corrected chi connectivity index (χ0v) is 14.6. The van der Waals surface area contributed by atoms with E-state index in [1.54, 1.807) is 12.1 Å². The van der Waals surface area contributed by atoms with E-state index >= 15 is 0 Å². The largest absolute Gasteiger partial charge is 0.239 e. The second kappa shape index (κ2) is 6.79. The molecule has 8 heteroatoms. The summed E-state index contributed by atoms with van der Waals surface area (Å²) in [4.78, 5) is 4.11. The average molecular weight is 401 g/mol. The van der Waals surface area contributed by atoms with Crippen molar-refractivity contribution in [3.63, 3.8) is 0 Å².